The summed E-state index contributed by atoms with van der Waals surface area (Å²) in [6.07, 6.45) is 0. The van der Waals surface area contributed by atoms with Crippen molar-refractivity contribution >= 4 is 119 Å². The molecule has 2 nitrogen and oxygen atoms in total. The lowest BCUT2D eigenvalue weighted by Crippen LogP contribution is -2.17. The lowest BCUT2D eigenvalue weighted by Gasteiger charge is -2.34. The van der Waals surface area contributed by atoms with Gasteiger partial charge in [-0.15, -0.1) is 22.7 Å². The topological polar surface area (TPSA) is 6.48 Å². The molecule has 68 heavy (non-hydrogen) atoms. The van der Waals surface area contributed by atoms with Gasteiger partial charge in [-0.25, -0.2) is 0 Å². The van der Waals surface area contributed by atoms with Gasteiger partial charge in [0.15, 0.2) is 0 Å². The number of thiophene rings is 2. The smallest absolute Gasteiger partial charge is 0.0640 e. The minimum absolute atomic E-state index is 0.0963. The monoisotopic (exact) mass is 920 g/mol. The van der Waals surface area contributed by atoms with Crippen LogP contribution in [-0.4, -0.2) is 0 Å². The number of nitrogens with zero attached hydrogens (tertiary/aromatic N) is 2. The van der Waals surface area contributed by atoms with Crippen molar-refractivity contribution in [1.29, 1.82) is 0 Å². The summed E-state index contributed by atoms with van der Waals surface area (Å²) in [4.78, 5) is 5.21. The van der Waals surface area contributed by atoms with E-state index in [4.69, 9.17) is 0 Å². The third kappa shape index (κ3) is 7.45. The zero-order chi connectivity index (χ0) is 47.2. The Kier molecular flexibility index (Phi) is 10.8. The summed E-state index contributed by atoms with van der Waals surface area (Å²) >= 11 is 3.80. The Bertz CT molecular complexity index is 3460. The predicted octanol–water partition coefficient (Wildman–Crippen LogP) is 20.5. The van der Waals surface area contributed by atoms with Crippen molar-refractivity contribution < 1.29 is 0 Å². The van der Waals surface area contributed by atoms with E-state index in [-0.39, 0.29) is 10.8 Å². The maximum Gasteiger partial charge on any atom is 0.0640 e. The van der Waals surface area contributed by atoms with Gasteiger partial charge in [0.05, 0.1) is 32.1 Å². The zero-order valence-corrected chi connectivity index (χ0v) is 42.7. The van der Waals surface area contributed by atoms with Crippen molar-refractivity contribution in [2.45, 2.75) is 91.9 Å². The van der Waals surface area contributed by atoms with Gasteiger partial charge in [0, 0.05) is 63.9 Å². The lowest BCUT2D eigenvalue weighted by molar-refractivity contribution is 0.590. The Hall–Kier alpha value is -6.46. The lowest BCUT2D eigenvalue weighted by atomic mass is 9.82. The van der Waals surface area contributed by atoms with E-state index in [9.17, 15) is 0 Å². The van der Waals surface area contributed by atoms with Crippen LogP contribution in [0.1, 0.15) is 103 Å². The maximum absolute atomic E-state index is 2.61. The second kappa shape index (κ2) is 16.6. The summed E-state index contributed by atoms with van der Waals surface area (Å²) in [5.41, 5.74) is 12.1. The highest BCUT2D eigenvalue weighted by Crippen LogP contribution is 2.55. The number of benzene rings is 9. The highest BCUT2D eigenvalue weighted by atomic mass is 32.1. The van der Waals surface area contributed by atoms with Crippen LogP contribution in [0, 0.1) is 0 Å². The molecule has 0 atom stereocenters. The molecule has 0 unspecified atom stereocenters. The second-order valence-corrected chi connectivity index (χ2v) is 23.5. The van der Waals surface area contributed by atoms with E-state index in [0.717, 1.165) is 11.4 Å². The van der Waals surface area contributed by atoms with Crippen LogP contribution in [0.25, 0.3) is 61.9 Å². The molecule has 0 aliphatic rings. The first-order chi connectivity index (χ1) is 32.7. The van der Waals surface area contributed by atoms with E-state index in [2.05, 4.69) is 249 Å². The number of fused-ring (bicyclic) bond motifs is 8. The van der Waals surface area contributed by atoms with Crippen LogP contribution in [0.2, 0.25) is 0 Å². The van der Waals surface area contributed by atoms with E-state index in [1.807, 2.05) is 22.7 Å². The van der Waals surface area contributed by atoms with E-state index in [0.29, 0.717) is 11.8 Å². The van der Waals surface area contributed by atoms with Crippen molar-refractivity contribution in [3.05, 3.63) is 192 Å². The third-order valence-electron chi connectivity index (χ3n) is 14.1. The minimum Gasteiger partial charge on any atom is -0.308 e. The van der Waals surface area contributed by atoms with Crippen LogP contribution < -0.4 is 9.80 Å². The van der Waals surface area contributed by atoms with Gasteiger partial charge in [-0.05, 0) is 106 Å². The molecule has 4 heteroatoms. The summed E-state index contributed by atoms with van der Waals surface area (Å²) in [5, 5.41) is 10.0. The molecular formula is C64H60N2S2. The average molecular weight is 921 g/mol. The van der Waals surface area contributed by atoms with Crippen molar-refractivity contribution in [2.24, 2.45) is 0 Å². The molecular weight excluding hydrogens is 861 g/mol. The summed E-state index contributed by atoms with van der Waals surface area (Å²) in [6, 6.07) is 65.1. The Labute approximate surface area is 410 Å². The highest BCUT2D eigenvalue weighted by molar-refractivity contribution is 7.26. The molecule has 11 aromatic rings. The first-order valence-corrected chi connectivity index (χ1v) is 25.9. The van der Waals surface area contributed by atoms with Gasteiger partial charge >= 0.3 is 0 Å². The Morgan fingerprint density at radius 2 is 0.721 bits per heavy atom. The largest absolute Gasteiger partial charge is 0.308 e. The van der Waals surface area contributed by atoms with Crippen molar-refractivity contribution in [3.8, 4) is 0 Å². The standard InChI is InChI=1S/C64H60N2S2/c1-39(2)41-25-31-45(32-26-41)65(55-21-15-19-51-47-17-11-13-23-57(47)67-61(51)55)59-49-35-29-44(64(8,9)10)38-54(49)60(50-36-30-43(37-53(50)59)63(5,6)7)66(46-33-27-42(28-34-46)40(3)4)56-22-16-20-52-48-18-12-14-24-58(48)68-62(52)56/h11-40H,1-10H3. The molecule has 0 radical (unpaired) electrons. The molecule has 0 aliphatic heterocycles. The zero-order valence-electron chi connectivity index (χ0n) is 41.0. The van der Waals surface area contributed by atoms with E-state index in [1.165, 1.54) is 107 Å². The molecule has 0 aliphatic carbocycles. The van der Waals surface area contributed by atoms with E-state index in [1.54, 1.807) is 0 Å². The molecule has 2 aromatic heterocycles. The van der Waals surface area contributed by atoms with E-state index < -0.39 is 0 Å². The first-order valence-electron chi connectivity index (χ1n) is 24.3. The van der Waals surface area contributed by atoms with Crippen LogP contribution in [0.5, 0.6) is 0 Å². The first kappa shape index (κ1) is 44.1. The van der Waals surface area contributed by atoms with Crippen LogP contribution in [-0.2, 0) is 10.8 Å². The summed E-state index contributed by atoms with van der Waals surface area (Å²) < 4.78 is 5.17. The fourth-order valence-electron chi connectivity index (χ4n) is 10.2. The Morgan fingerprint density at radius 3 is 1.09 bits per heavy atom. The van der Waals surface area contributed by atoms with Gasteiger partial charge in [0.1, 0.15) is 0 Å². The normalized spacial score (nSPS) is 12.5. The van der Waals surface area contributed by atoms with Gasteiger partial charge in [-0.3, -0.25) is 0 Å². The Balaban J connectivity index is 1.34. The predicted molar refractivity (Wildman–Crippen MR) is 302 cm³/mol. The summed E-state index contributed by atoms with van der Waals surface area (Å²) in [5.74, 6) is 0.834. The number of rotatable bonds is 8. The molecule has 0 saturated heterocycles. The maximum atomic E-state index is 2.61. The van der Waals surface area contributed by atoms with Crippen molar-refractivity contribution in [3.63, 3.8) is 0 Å². The molecule has 338 valence electrons. The van der Waals surface area contributed by atoms with Gasteiger partial charge in [0.25, 0.3) is 0 Å². The minimum atomic E-state index is -0.0963. The average Bonchev–Trinajstić information content (AvgIpc) is 3.91. The molecule has 0 bridgehead atoms. The quantitative estimate of drug-likeness (QED) is 0.111. The Morgan fingerprint density at radius 1 is 0.353 bits per heavy atom. The molecule has 0 amide bonds. The number of hydrogen-bond donors (Lipinski definition) is 0. The fourth-order valence-corrected chi connectivity index (χ4v) is 12.6. The molecule has 2 heterocycles. The van der Waals surface area contributed by atoms with Gasteiger partial charge in [0.2, 0.25) is 0 Å². The molecule has 0 spiro atoms. The van der Waals surface area contributed by atoms with Crippen molar-refractivity contribution in [1.82, 2.24) is 0 Å². The number of anilines is 6. The third-order valence-corrected chi connectivity index (χ3v) is 16.5. The fraction of sp³-hybridized carbons (Fsp3) is 0.219. The molecule has 11 rings (SSSR count). The van der Waals surface area contributed by atoms with Crippen LogP contribution in [0.15, 0.2) is 170 Å². The summed E-state index contributed by atoms with van der Waals surface area (Å²) in [7, 11) is 0. The van der Waals surface area contributed by atoms with Crippen LogP contribution >= 0.6 is 22.7 Å². The molecule has 0 saturated carbocycles. The van der Waals surface area contributed by atoms with Gasteiger partial charge < -0.3 is 9.80 Å². The SMILES string of the molecule is CC(C)c1ccc(N(c2c3ccc(C(C)(C)C)cc3c(N(c3ccc(C(C)C)cc3)c3cccc4c3sc3ccccc34)c3ccc(C(C)(C)C)cc23)c2cccc3c2sc2ccccc23)cc1. The molecule has 0 N–H and O–H groups in total. The van der Waals surface area contributed by atoms with Gasteiger partial charge in [-0.2, -0.15) is 0 Å². The molecule has 0 fully saturated rings. The van der Waals surface area contributed by atoms with Gasteiger partial charge in [-0.1, -0.05) is 178 Å². The number of hydrogen-bond acceptors (Lipinski definition) is 4. The second-order valence-electron chi connectivity index (χ2n) is 21.4. The van der Waals surface area contributed by atoms with Crippen LogP contribution in [0.4, 0.5) is 34.1 Å². The molecule has 9 aromatic carbocycles. The van der Waals surface area contributed by atoms with E-state index >= 15 is 0 Å². The summed E-state index contributed by atoms with van der Waals surface area (Å²) in [6.45, 7) is 23.2. The van der Waals surface area contributed by atoms with Crippen LogP contribution in [0.3, 0.4) is 0 Å². The highest BCUT2D eigenvalue weighted by Gasteiger charge is 2.30. The van der Waals surface area contributed by atoms with Crippen molar-refractivity contribution in [2.75, 3.05) is 9.80 Å².